The first-order chi connectivity index (χ1) is 11.2. The van der Waals surface area contributed by atoms with Gasteiger partial charge in [-0.15, -0.1) is 0 Å². The Morgan fingerprint density at radius 3 is 2.74 bits per heavy atom. The second-order valence-electron chi connectivity index (χ2n) is 6.46. The predicted molar refractivity (Wildman–Crippen MR) is 97.4 cm³/mol. The first kappa shape index (κ1) is 16.9. The van der Waals surface area contributed by atoms with Gasteiger partial charge in [-0.1, -0.05) is 12.8 Å². The zero-order valence-corrected chi connectivity index (χ0v) is 15.8. The molecule has 6 heteroatoms. The lowest BCUT2D eigenvalue weighted by Gasteiger charge is -2.31. The van der Waals surface area contributed by atoms with Crippen LogP contribution in [0.25, 0.3) is 0 Å². The summed E-state index contributed by atoms with van der Waals surface area (Å²) in [7, 11) is 0. The fraction of sp³-hybridized carbons (Fsp3) is 0.706. The van der Waals surface area contributed by atoms with Gasteiger partial charge in [0.25, 0.3) is 0 Å². The molecule has 23 heavy (non-hydrogen) atoms. The van der Waals surface area contributed by atoms with E-state index < -0.39 is 0 Å². The number of nitrogens with zero attached hydrogens (tertiary/aromatic N) is 3. The average Bonchev–Trinajstić information content (AvgIpc) is 3.39. The van der Waals surface area contributed by atoms with Gasteiger partial charge in [-0.05, 0) is 61.1 Å². The molecule has 3 rings (SSSR count). The van der Waals surface area contributed by atoms with Crippen LogP contribution in [0.3, 0.4) is 0 Å². The number of hydrogen-bond acceptors (Lipinski definition) is 5. The molecule has 0 aromatic carbocycles. The first-order valence-electron chi connectivity index (χ1n) is 8.60. The highest BCUT2D eigenvalue weighted by Crippen LogP contribution is 2.34. The topological polar surface area (TPSA) is 55.3 Å². The van der Waals surface area contributed by atoms with Gasteiger partial charge in [0, 0.05) is 13.1 Å². The summed E-state index contributed by atoms with van der Waals surface area (Å²) in [5, 5.41) is 0. The summed E-state index contributed by atoms with van der Waals surface area (Å²) >= 11 is 2.28. The van der Waals surface area contributed by atoms with Crippen molar-refractivity contribution in [2.75, 3.05) is 24.6 Å². The fourth-order valence-electron chi connectivity index (χ4n) is 3.07. The third-order valence-electron chi connectivity index (χ3n) is 4.71. The van der Waals surface area contributed by atoms with Crippen molar-refractivity contribution in [3.05, 3.63) is 15.6 Å². The summed E-state index contributed by atoms with van der Waals surface area (Å²) in [4.78, 5) is 23.4. The van der Waals surface area contributed by atoms with E-state index >= 15 is 0 Å². The molecule has 1 aromatic rings. The largest absolute Gasteiger partial charge is 0.466 e. The summed E-state index contributed by atoms with van der Waals surface area (Å²) in [6.45, 7) is 4.02. The number of aryl methyl sites for hydroxylation is 1. The van der Waals surface area contributed by atoms with Crippen LogP contribution in [0.4, 0.5) is 5.82 Å². The number of carbonyl (C=O) groups excluding carboxylic acids is 1. The molecular weight excluding hydrogens is 405 g/mol. The molecule has 0 radical (unpaired) electrons. The van der Waals surface area contributed by atoms with E-state index in [4.69, 9.17) is 9.72 Å². The van der Waals surface area contributed by atoms with Crippen LogP contribution < -0.4 is 4.90 Å². The van der Waals surface area contributed by atoms with E-state index in [0.29, 0.717) is 6.61 Å². The lowest BCUT2D eigenvalue weighted by molar-refractivity contribution is -0.148. The summed E-state index contributed by atoms with van der Waals surface area (Å²) in [5.74, 6) is 1.86. The maximum Gasteiger partial charge on any atom is 0.309 e. The smallest absolute Gasteiger partial charge is 0.309 e. The number of rotatable bonds is 6. The molecule has 0 N–H and O–H groups in total. The van der Waals surface area contributed by atoms with Crippen LogP contribution in [0.1, 0.15) is 44.7 Å². The molecule has 1 aromatic heterocycles. The Morgan fingerprint density at radius 2 is 2.09 bits per heavy atom. The number of piperidine rings is 1. The van der Waals surface area contributed by atoms with Gasteiger partial charge in [-0.25, -0.2) is 9.97 Å². The summed E-state index contributed by atoms with van der Waals surface area (Å²) in [6, 6.07) is 0. The SMILES string of the molecule is CCOC(=O)C1CCN(c2cnc(I)c(CCC3CC3)n2)CC1. The van der Waals surface area contributed by atoms with Crippen LogP contribution >= 0.6 is 22.6 Å². The maximum absolute atomic E-state index is 11.8. The van der Waals surface area contributed by atoms with Crippen LogP contribution in [0.15, 0.2) is 6.20 Å². The monoisotopic (exact) mass is 429 g/mol. The molecule has 0 atom stereocenters. The molecule has 2 aliphatic rings. The minimum absolute atomic E-state index is 0.0392. The molecule has 1 saturated heterocycles. The van der Waals surface area contributed by atoms with Gasteiger partial charge >= 0.3 is 5.97 Å². The number of hydrogen-bond donors (Lipinski definition) is 0. The van der Waals surface area contributed by atoms with E-state index in [1.807, 2.05) is 13.1 Å². The molecule has 0 spiro atoms. The molecule has 1 saturated carbocycles. The molecule has 5 nitrogen and oxygen atoms in total. The van der Waals surface area contributed by atoms with Crippen molar-refractivity contribution in [2.24, 2.45) is 11.8 Å². The van der Waals surface area contributed by atoms with Gasteiger partial charge in [-0.3, -0.25) is 4.79 Å². The first-order valence-corrected chi connectivity index (χ1v) is 9.68. The molecule has 0 unspecified atom stereocenters. The maximum atomic E-state index is 11.8. The quantitative estimate of drug-likeness (QED) is 0.514. The van der Waals surface area contributed by atoms with Gasteiger partial charge in [0.2, 0.25) is 0 Å². The normalized spacial score (nSPS) is 19.0. The zero-order valence-electron chi connectivity index (χ0n) is 13.6. The Hall–Kier alpha value is -0.920. The van der Waals surface area contributed by atoms with Crippen LogP contribution in [0.2, 0.25) is 0 Å². The molecule has 1 aliphatic carbocycles. The Kier molecular flexibility index (Phi) is 5.71. The van der Waals surface area contributed by atoms with Crippen LogP contribution in [0, 0.1) is 15.5 Å². The number of anilines is 1. The van der Waals surface area contributed by atoms with Crippen molar-refractivity contribution in [1.29, 1.82) is 0 Å². The standard InChI is InChI=1S/C17H24IN3O2/c1-2-23-17(22)13-7-9-21(10-8-13)15-11-19-16(18)14(20-15)6-5-12-3-4-12/h11-13H,2-10H2,1H3. The molecule has 2 fully saturated rings. The van der Waals surface area contributed by atoms with Crippen molar-refractivity contribution in [3.8, 4) is 0 Å². The Morgan fingerprint density at radius 1 is 1.35 bits per heavy atom. The van der Waals surface area contributed by atoms with Crippen LogP contribution in [-0.4, -0.2) is 35.6 Å². The molecule has 126 valence electrons. The van der Waals surface area contributed by atoms with Crippen molar-refractivity contribution < 1.29 is 9.53 Å². The van der Waals surface area contributed by atoms with Gasteiger partial charge in [0.1, 0.15) is 9.52 Å². The summed E-state index contributed by atoms with van der Waals surface area (Å²) < 4.78 is 6.15. The Balaban J connectivity index is 1.59. The van der Waals surface area contributed by atoms with Crippen molar-refractivity contribution in [1.82, 2.24) is 9.97 Å². The highest BCUT2D eigenvalue weighted by Gasteiger charge is 2.27. The minimum Gasteiger partial charge on any atom is -0.466 e. The Bertz CT molecular complexity index is 555. The van der Waals surface area contributed by atoms with Gasteiger partial charge < -0.3 is 9.64 Å². The van der Waals surface area contributed by atoms with E-state index in [-0.39, 0.29) is 11.9 Å². The fourth-order valence-corrected chi connectivity index (χ4v) is 3.59. The van der Waals surface area contributed by atoms with E-state index in [2.05, 4.69) is 32.5 Å². The van der Waals surface area contributed by atoms with Crippen molar-refractivity contribution in [3.63, 3.8) is 0 Å². The van der Waals surface area contributed by atoms with Gasteiger partial charge in [0.15, 0.2) is 0 Å². The van der Waals surface area contributed by atoms with Gasteiger partial charge in [0.05, 0.1) is 24.4 Å². The van der Waals surface area contributed by atoms with Crippen LogP contribution in [0.5, 0.6) is 0 Å². The third-order valence-corrected chi connectivity index (χ3v) is 5.61. The highest BCUT2D eigenvalue weighted by atomic mass is 127. The second-order valence-corrected chi connectivity index (χ2v) is 7.48. The van der Waals surface area contributed by atoms with Gasteiger partial charge in [-0.2, -0.15) is 0 Å². The molecule has 0 amide bonds. The molecule has 2 heterocycles. The number of esters is 1. The minimum atomic E-state index is -0.0500. The van der Waals surface area contributed by atoms with E-state index in [1.165, 1.54) is 19.3 Å². The zero-order chi connectivity index (χ0) is 16.2. The van der Waals surface area contributed by atoms with Crippen LogP contribution in [-0.2, 0) is 16.0 Å². The van der Waals surface area contributed by atoms with E-state index in [9.17, 15) is 4.79 Å². The second kappa shape index (κ2) is 7.77. The third kappa shape index (κ3) is 4.55. The number of aromatic nitrogens is 2. The average molecular weight is 429 g/mol. The highest BCUT2D eigenvalue weighted by molar-refractivity contribution is 14.1. The number of halogens is 1. The molecule has 0 bridgehead atoms. The van der Waals surface area contributed by atoms with E-state index in [1.54, 1.807) is 0 Å². The van der Waals surface area contributed by atoms with Crippen molar-refractivity contribution in [2.45, 2.75) is 45.4 Å². The number of ether oxygens (including phenoxy) is 1. The van der Waals surface area contributed by atoms with E-state index in [0.717, 1.165) is 53.5 Å². The lowest BCUT2D eigenvalue weighted by Crippen LogP contribution is -2.37. The lowest BCUT2D eigenvalue weighted by atomic mass is 9.97. The number of carbonyl (C=O) groups is 1. The molecular formula is C17H24IN3O2. The summed E-state index contributed by atoms with van der Waals surface area (Å²) in [6.07, 6.45) is 8.57. The molecule has 1 aliphatic heterocycles. The van der Waals surface area contributed by atoms with Crippen molar-refractivity contribution >= 4 is 34.4 Å². The predicted octanol–water partition coefficient (Wildman–Crippen LogP) is 3.20. The summed E-state index contributed by atoms with van der Waals surface area (Å²) in [5.41, 5.74) is 1.13. The Labute approximate surface area is 151 Å².